The molecule has 2 rings (SSSR count). The Bertz CT molecular complexity index is 655. The van der Waals surface area contributed by atoms with Crippen LogP contribution in [0.2, 0.25) is 0 Å². The third-order valence-corrected chi connectivity index (χ3v) is 3.34. The molecule has 2 N–H and O–H groups in total. The highest BCUT2D eigenvalue weighted by Crippen LogP contribution is 2.17. The second-order valence-corrected chi connectivity index (χ2v) is 5.50. The fourth-order valence-electron chi connectivity index (χ4n) is 2.23. The number of H-pyrrole nitrogens is 1. The zero-order chi connectivity index (χ0) is 17.6. The lowest BCUT2D eigenvalue weighted by Gasteiger charge is -2.18. The molecule has 0 spiro atoms. The lowest BCUT2D eigenvalue weighted by Crippen LogP contribution is -2.33. The number of aromatic nitrogens is 2. The summed E-state index contributed by atoms with van der Waals surface area (Å²) < 4.78 is 36.6. The standard InChI is InChI=1S/C16H19F3N4O/c1-23(11-16(17,18)19)9-5-8-20-15(24)14-10-13(21-22-14)12-6-3-2-4-7-12/h2-4,6-7,10H,5,8-9,11H2,1H3,(H,20,24)(H,21,22). The van der Waals surface area contributed by atoms with E-state index in [0.717, 1.165) is 5.56 Å². The Kier molecular flexibility index (Phi) is 5.97. The molecular formula is C16H19F3N4O. The Hall–Kier alpha value is -2.35. The molecule has 0 aliphatic heterocycles. The summed E-state index contributed by atoms with van der Waals surface area (Å²) in [5.74, 6) is -0.330. The fourth-order valence-corrected chi connectivity index (χ4v) is 2.23. The molecule has 130 valence electrons. The number of carbonyl (C=O) groups is 1. The zero-order valence-corrected chi connectivity index (χ0v) is 13.2. The van der Waals surface area contributed by atoms with Gasteiger partial charge in [0.2, 0.25) is 0 Å². The Balaban J connectivity index is 1.76. The van der Waals surface area contributed by atoms with Crippen LogP contribution in [0.15, 0.2) is 36.4 Å². The molecule has 0 aliphatic carbocycles. The molecule has 0 saturated heterocycles. The highest BCUT2D eigenvalue weighted by Gasteiger charge is 2.28. The normalized spacial score (nSPS) is 11.7. The van der Waals surface area contributed by atoms with E-state index in [1.807, 2.05) is 30.3 Å². The van der Waals surface area contributed by atoms with E-state index in [9.17, 15) is 18.0 Å². The van der Waals surface area contributed by atoms with Gasteiger partial charge in [0.25, 0.3) is 5.91 Å². The largest absolute Gasteiger partial charge is 0.401 e. The van der Waals surface area contributed by atoms with E-state index in [1.165, 1.54) is 11.9 Å². The molecule has 0 radical (unpaired) electrons. The lowest BCUT2D eigenvalue weighted by atomic mass is 10.1. The van der Waals surface area contributed by atoms with Gasteiger partial charge in [0.15, 0.2) is 0 Å². The molecule has 8 heteroatoms. The Labute approximate surface area is 137 Å². The maximum atomic E-state index is 12.2. The lowest BCUT2D eigenvalue weighted by molar-refractivity contribution is -0.143. The molecule has 5 nitrogen and oxygen atoms in total. The number of rotatable bonds is 7. The van der Waals surface area contributed by atoms with Crippen molar-refractivity contribution >= 4 is 5.91 Å². The monoisotopic (exact) mass is 340 g/mol. The van der Waals surface area contributed by atoms with E-state index in [2.05, 4.69) is 15.5 Å². The molecule has 0 saturated carbocycles. The Morgan fingerprint density at radius 2 is 2.00 bits per heavy atom. The molecule has 0 bridgehead atoms. The molecule has 24 heavy (non-hydrogen) atoms. The SMILES string of the molecule is CN(CCCNC(=O)c1cc(-c2ccccc2)n[nH]1)CC(F)(F)F. The highest BCUT2D eigenvalue weighted by molar-refractivity contribution is 5.93. The van der Waals surface area contributed by atoms with Crippen molar-refractivity contribution < 1.29 is 18.0 Å². The average molecular weight is 340 g/mol. The summed E-state index contributed by atoms with van der Waals surface area (Å²) in [5.41, 5.74) is 1.87. The van der Waals surface area contributed by atoms with Crippen LogP contribution in [-0.2, 0) is 0 Å². The summed E-state index contributed by atoms with van der Waals surface area (Å²) in [6.07, 6.45) is -3.78. The van der Waals surface area contributed by atoms with Crippen molar-refractivity contribution in [3.63, 3.8) is 0 Å². The number of hydrogen-bond donors (Lipinski definition) is 2. The number of benzene rings is 1. The van der Waals surface area contributed by atoms with Crippen molar-refractivity contribution in [3.05, 3.63) is 42.1 Å². The van der Waals surface area contributed by atoms with E-state index in [4.69, 9.17) is 0 Å². The number of hydrogen-bond acceptors (Lipinski definition) is 3. The zero-order valence-electron chi connectivity index (χ0n) is 13.2. The van der Waals surface area contributed by atoms with Crippen LogP contribution >= 0.6 is 0 Å². The molecule has 0 fully saturated rings. The van der Waals surface area contributed by atoms with Gasteiger partial charge in [-0.2, -0.15) is 18.3 Å². The summed E-state index contributed by atoms with van der Waals surface area (Å²) in [6, 6.07) is 11.0. The van der Waals surface area contributed by atoms with Gasteiger partial charge in [-0.25, -0.2) is 0 Å². The fraction of sp³-hybridized carbons (Fsp3) is 0.375. The Morgan fingerprint density at radius 1 is 1.29 bits per heavy atom. The predicted molar refractivity (Wildman–Crippen MR) is 84.5 cm³/mol. The van der Waals surface area contributed by atoms with Gasteiger partial charge in [-0.3, -0.25) is 14.8 Å². The van der Waals surface area contributed by atoms with Crippen LogP contribution in [0, 0.1) is 0 Å². The van der Waals surface area contributed by atoms with Crippen molar-refractivity contribution in [2.75, 3.05) is 26.7 Å². The Morgan fingerprint density at radius 3 is 2.67 bits per heavy atom. The van der Waals surface area contributed by atoms with Crippen molar-refractivity contribution in [3.8, 4) is 11.3 Å². The average Bonchev–Trinajstić information content (AvgIpc) is 3.00. The second-order valence-electron chi connectivity index (χ2n) is 5.50. The van der Waals surface area contributed by atoms with E-state index in [1.54, 1.807) is 6.07 Å². The molecule has 2 aromatic rings. The van der Waals surface area contributed by atoms with E-state index < -0.39 is 12.7 Å². The first-order valence-electron chi connectivity index (χ1n) is 7.49. The van der Waals surface area contributed by atoms with Gasteiger partial charge in [-0.05, 0) is 26.1 Å². The summed E-state index contributed by atoms with van der Waals surface area (Å²) in [5, 5.41) is 9.41. The van der Waals surface area contributed by atoms with Crippen molar-refractivity contribution in [1.29, 1.82) is 0 Å². The van der Waals surface area contributed by atoms with Crippen LogP contribution < -0.4 is 5.32 Å². The highest BCUT2D eigenvalue weighted by atomic mass is 19.4. The van der Waals surface area contributed by atoms with Gasteiger partial charge in [0.05, 0.1) is 12.2 Å². The maximum absolute atomic E-state index is 12.2. The van der Waals surface area contributed by atoms with Gasteiger partial charge < -0.3 is 5.32 Å². The first-order valence-corrected chi connectivity index (χ1v) is 7.49. The van der Waals surface area contributed by atoms with Crippen LogP contribution in [0.1, 0.15) is 16.9 Å². The number of nitrogens with zero attached hydrogens (tertiary/aromatic N) is 2. The first-order chi connectivity index (χ1) is 11.3. The van der Waals surface area contributed by atoms with Crippen molar-refractivity contribution in [2.24, 2.45) is 0 Å². The van der Waals surface area contributed by atoms with Gasteiger partial charge in [-0.15, -0.1) is 0 Å². The van der Waals surface area contributed by atoms with Crippen molar-refractivity contribution in [1.82, 2.24) is 20.4 Å². The number of amides is 1. The smallest absolute Gasteiger partial charge is 0.351 e. The van der Waals surface area contributed by atoms with Crippen LogP contribution in [0.4, 0.5) is 13.2 Å². The number of aromatic amines is 1. The summed E-state index contributed by atoms with van der Waals surface area (Å²) in [4.78, 5) is 13.2. The number of alkyl halides is 3. The molecule has 0 atom stereocenters. The van der Waals surface area contributed by atoms with E-state index in [-0.39, 0.29) is 12.5 Å². The topological polar surface area (TPSA) is 61.0 Å². The van der Waals surface area contributed by atoms with Crippen LogP contribution in [0.5, 0.6) is 0 Å². The van der Waals surface area contributed by atoms with Gasteiger partial charge >= 0.3 is 6.18 Å². The minimum atomic E-state index is -4.21. The third-order valence-electron chi connectivity index (χ3n) is 3.34. The quantitative estimate of drug-likeness (QED) is 0.762. The molecular weight excluding hydrogens is 321 g/mol. The number of carbonyl (C=O) groups excluding carboxylic acids is 1. The molecule has 0 unspecified atom stereocenters. The summed E-state index contributed by atoms with van der Waals surface area (Å²) in [7, 11) is 1.40. The molecule has 1 heterocycles. The van der Waals surface area contributed by atoms with Crippen LogP contribution in [0.3, 0.4) is 0 Å². The number of nitrogens with one attached hydrogen (secondary N) is 2. The molecule has 1 amide bonds. The van der Waals surface area contributed by atoms with Gasteiger partial charge in [0.1, 0.15) is 5.69 Å². The minimum absolute atomic E-state index is 0.248. The van der Waals surface area contributed by atoms with E-state index in [0.29, 0.717) is 24.4 Å². The van der Waals surface area contributed by atoms with Crippen molar-refractivity contribution in [2.45, 2.75) is 12.6 Å². The van der Waals surface area contributed by atoms with Gasteiger partial charge in [0, 0.05) is 12.1 Å². The summed E-state index contributed by atoms with van der Waals surface area (Å²) >= 11 is 0. The third kappa shape index (κ3) is 5.69. The predicted octanol–water partition coefficient (Wildman–Crippen LogP) is 2.69. The van der Waals surface area contributed by atoms with Crippen LogP contribution in [0.25, 0.3) is 11.3 Å². The first kappa shape index (κ1) is 18.0. The molecule has 1 aromatic heterocycles. The number of halogens is 3. The summed E-state index contributed by atoms with van der Waals surface area (Å²) in [6.45, 7) is -0.416. The molecule has 1 aromatic carbocycles. The minimum Gasteiger partial charge on any atom is -0.351 e. The van der Waals surface area contributed by atoms with Gasteiger partial charge in [-0.1, -0.05) is 30.3 Å². The second kappa shape index (κ2) is 7.96. The van der Waals surface area contributed by atoms with E-state index >= 15 is 0 Å². The van der Waals surface area contributed by atoms with Crippen LogP contribution in [-0.4, -0.2) is 53.9 Å². The molecule has 0 aliphatic rings. The maximum Gasteiger partial charge on any atom is 0.401 e.